The number of rotatable bonds is 3. The maximum atomic E-state index is 11.2. The van der Waals surface area contributed by atoms with Crippen molar-refractivity contribution in [2.75, 3.05) is 13.7 Å². The minimum Gasteiger partial charge on any atom is -0.493 e. The number of hydrogen-bond acceptors (Lipinski definition) is 4. The largest absolute Gasteiger partial charge is 0.493 e. The molecule has 1 atom stereocenters. The highest BCUT2D eigenvalue weighted by molar-refractivity contribution is 5.76. The second kappa shape index (κ2) is 4.35. The van der Waals surface area contributed by atoms with Crippen LogP contribution in [0, 0.1) is 0 Å². The van der Waals surface area contributed by atoms with E-state index in [1.165, 1.54) is 7.11 Å². The van der Waals surface area contributed by atoms with E-state index < -0.39 is 0 Å². The van der Waals surface area contributed by atoms with E-state index in [1.807, 2.05) is 6.07 Å². The summed E-state index contributed by atoms with van der Waals surface area (Å²) in [7, 11) is 1.37. The number of carbonyl (C=O) groups excluding carboxylic acids is 2. The van der Waals surface area contributed by atoms with Crippen molar-refractivity contribution >= 4 is 12.3 Å². The molecule has 2 rings (SSSR count). The monoisotopic (exact) mass is 220 g/mol. The average molecular weight is 220 g/mol. The summed E-state index contributed by atoms with van der Waals surface area (Å²) < 4.78 is 10.1. The average Bonchev–Trinajstić information content (AvgIpc) is 2.71. The second-order valence-corrected chi connectivity index (χ2v) is 3.70. The maximum absolute atomic E-state index is 11.2. The molecular weight excluding hydrogens is 208 g/mol. The Morgan fingerprint density at radius 3 is 3.12 bits per heavy atom. The van der Waals surface area contributed by atoms with Gasteiger partial charge in [0.25, 0.3) is 0 Å². The predicted octanol–water partition coefficient (Wildman–Crippen LogP) is 1.54. The third kappa shape index (κ3) is 1.91. The van der Waals surface area contributed by atoms with Gasteiger partial charge in [-0.25, -0.2) is 0 Å². The molecular formula is C12H12O4. The van der Waals surface area contributed by atoms with Crippen molar-refractivity contribution in [3.63, 3.8) is 0 Å². The van der Waals surface area contributed by atoms with E-state index in [-0.39, 0.29) is 11.9 Å². The lowest BCUT2D eigenvalue weighted by Crippen LogP contribution is -2.09. The quantitative estimate of drug-likeness (QED) is 0.572. The third-order valence-electron chi connectivity index (χ3n) is 2.69. The summed E-state index contributed by atoms with van der Waals surface area (Å²) in [4.78, 5) is 21.7. The Morgan fingerprint density at radius 2 is 2.44 bits per heavy atom. The van der Waals surface area contributed by atoms with E-state index in [4.69, 9.17) is 4.74 Å². The molecule has 1 heterocycles. The lowest BCUT2D eigenvalue weighted by Gasteiger charge is -2.06. The SMILES string of the molecule is COC(=O)CC1COc2cc(C=O)ccc21. The maximum Gasteiger partial charge on any atom is 0.306 e. The zero-order valence-corrected chi connectivity index (χ0v) is 8.93. The summed E-state index contributed by atoms with van der Waals surface area (Å²) >= 11 is 0. The number of benzene rings is 1. The van der Waals surface area contributed by atoms with E-state index in [0.717, 1.165) is 11.8 Å². The van der Waals surface area contributed by atoms with Crippen molar-refractivity contribution in [1.29, 1.82) is 0 Å². The van der Waals surface area contributed by atoms with Crippen LogP contribution in [0.5, 0.6) is 5.75 Å². The van der Waals surface area contributed by atoms with Gasteiger partial charge in [-0.15, -0.1) is 0 Å². The topological polar surface area (TPSA) is 52.6 Å². The highest BCUT2D eigenvalue weighted by Crippen LogP contribution is 2.36. The van der Waals surface area contributed by atoms with Crippen LogP contribution in [0.2, 0.25) is 0 Å². The molecule has 0 saturated heterocycles. The molecule has 4 heteroatoms. The number of aldehydes is 1. The third-order valence-corrected chi connectivity index (χ3v) is 2.69. The normalized spacial score (nSPS) is 17.4. The van der Waals surface area contributed by atoms with Crippen molar-refractivity contribution < 1.29 is 19.1 Å². The van der Waals surface area contributed by atoms with Crippen molar-refractivity contribution in [1.82, 2.24) is 0 Å². The second-order valence-electron chi connectivity index (χ2n) is 3.70. The van der Waals surface area contributed by atoms with E-state index in [9.17, 15) is 9.59 Å². The highest BCUT2D eigenvalue weighted by Gasteiger charge is 2.26. The molecule has 1 aromatic rings. The van der Waals surface area contributed by atoms with Crippen LogP contribution in [-0.2, 0) is 9.53 Å². The molecule has 1 aromatic carbocycles. The van der Waals surface area contributed by atoms with Gasteiger partial charge in [0.1, 0.15) is 12.0 Å². The van der Waals surface area contributed by atoms with Crippen LogP contribution in [0.1, 0.15) is 28.3 Å². The predicted molar refractivity (Wildman–Crippen MR) is 56.7 cm³/mol. The number of esters is 1. The van der Waals surface area contributed by atoms with E-state index in [0.29, 0.717) is 24.3 Å². The first kappa shape index (κ1) is 10.7. The molecule has 0 bridgehead atoms. The summed E-state index contributed by atoms with van der Waals surface area (Å²) in [5.41, 5.74) is 1.55. The van der Waals surface area contributed by atoms with Crippen molar-refractivity contribution in [3.8, 4) is 5.75 Å². The first-order valence-corrected chi connectivity index (χ1v) is 5.03. The molecule has 4 nitrogen and oxygen atoms in total. The van der Waals surface area contributed by atoms with Gasteiger partial charge >= 0.3 is 5.97 Å². The van der Waals surface area contributed by atoms with Crippen LogP contribution in [-0.4, -0.2) is 26.0 Å². The Balaban J connectivity index is 2.20. The molecule has 0 saturated carbocycles. The van der Waals surface area contributed by atoms with Crippen LogP contribution in [0.3, 0.4) is 0 Å². The first-order valence-electron chi connectivity index (χ1n) is 5.03. The number of hydrogen-bond donors (Lipinski definition) is 0. The van der Waals surface area contributed by atoms with Crippen LogP contribution in [0.15, 0.2) is 18.2 Å². The van der Waals surface area contributed by atoms with Crippen molar-refractivity contribution in [3.05, 3.63) is 29.3 Å². The fraction of sp³-hybridized carbons (Fsp3) is 0.333. The van der Waals surface area contributed by atoms with Crippen LogP contribution >= 0.6 is 0 Å². The van der Waals surface area contributed by atoms with Crippen LogP contribution < -0.4 is 4.74 Å². The van der Waals surface area contributed by atoms with E-state index >= 15 is 0 Å². The number of carbonyl (C=O) groups is 2. The Kier molecular flexibility index (Phi) is 2.90. The Hall–Kier alpha value is -1.84. The number of fused-ring (bicyclic) bond motifs is 1. The smallest absolute Gasteiger partial charge is 0.306 e. The van der Waals surface area contributed by atoms with Gasteiger partial charge in [0.05, 0.1) is 20.1 Å². The molecule has 1 aliphatic heterocycles. The Morgan fingerprint density at radius 1 is 1.62 bits per heavy atom. The summed E-state index contributed by atoms with van der Waals surface area (Å²) in [6, 6.07) is 5.25. The van der Waals surface area contributed by atoms with Gasteiger partial charge in [-0.3, -0.25) is 9.59 Å². The van der Waals surface area contributed by atoms with Gasteiger partial charge in [0.2, 0.25) is 0 Å². The molecule has 0 aliphatic carbocycles. The summed E-state index contributed by atoms with van der Waals surface area (Å²) in [6.45, 7) is 0.465. The standard InChI is InChI=1S/C12H12O4/c1-15-12(14)5-9-7-16-11-4-8(6-13)2-3-10(9)11/h2-4,6,9H,5,7H2,1H3. The lowest BCUT2D eigenvalue weighted by molar-refractivity contribution is -0.141. The fourth-order valence-corrected chi connectivity index (χ4v) is 1.82. The molecule has 0 spiro atoms. The van der Waals surface area contributed by atoms with E-state index in [2.05, 4.69) is 4.74 Å². The van der Waals surface area contributed by atoms with E-state index in [1.54, 1.807) is 12.1 Å². The molecule has 0 radical (unpaired) electrons. The molecule has 1 aliphatic rings. The van der Waals surface area contributed by atoms with Gasteiger partial charge in [0.15, 0.2) is 0 Å². The van der Waals surface area contributed by atoms with Gasteiger partial charge in [0, 0.05) is 17.0 Å². The minimum atomic E-state index is -0.249. The molecule has 16 heavy (non-hydrogen) atoms. The lowest BCUT2D eigenvalue weighted by atomic mass is 9.97. The van der Waals surface area contributed by atoms with Crippen LogP contribution in [0.4, 0.5) is 0 Å². The zero-order valence-electron chi connectivity index (χ0n) is 8.93. The Labute approximate surface area is 93.2 Å². The highest BCUT2D eigenvalue weighted by atomic mass is 16.5. The molecule has 0 amide bonds. The van der Waals surface area contributed by atoms with Crippen molar-refractivity contribution in [2.45, 2.75) is 12.3 Å². The van der Waals surface area contributed by atoms with Gasteiger partial charge in [-0.2, -0.15) is 0 Å². The first-order chi connectivity index (χ1) is 7.74. The molecule has 0 N–H and O–H groups in total. The molecule has 0 aromatic heterocycles. The summed E-state index contributed by atoms with van der Waals surface area (Å²) in [6.07, 6.45) is 1.08. The van der Waals surface area contributed by atoms with Gasteiger partial charge in [-0.1, -0.05) is 12.1 Å². The zero-order chi connectivity index (χ0) is 11.5. The molecule has 0 fully saturated rings. The summed E-state index contributed by atoms with van der Waals surface area (Å²) in [5, 5.41) is 0. The van der Waals surface area contributed by atoms with Crippen molar-refractivity contribution in [2.24, 2.45) is 0 Å². The van der Waals surface area contributed by atoms with Gasteiger partial charge in [-0.05, 0) is 6.07 Å². The number of ether oxygens (including phenoxy) is 2. The molecule has 84 valence electrons. The minimum absolute atomic E-state index is 0.0307. The fourth-order valence-electron chi connectivity index (χ4n) is 1.82. The summed E-state index contributed by atoms with van der Waals surface area (Å²) in [5.74, 6) is 0.475. The van der Waals surface area contributed by atoms with Gasteiger partial charge < -0.3 is 9.47 Å². The van der Waals surface area contributed by atoms with Crippen LogP contribution in [0.25, 0.3) is 0 Å². The Bertz CT molecular complexity index is 425. The number of methoxy groups -OCH3 is 1. The molecule has 1 unspecified atom stereocenters.